The van der Waals surface area contributed by atoms with Gasteiger partial charge in [0.25, 0.3) is 0 Å². The van der Waals surface area contributed by atoms with E-state index in [0.717, 1.165) is 17.0 Å². The molecular formula is C10H7BrF2N2OS. The Hall–Kier alpha value is -1.21. The lowest BCUT2D eigenvalue weighted by Gasteiger charge is -2.07. The number of thiazole rings is 1. The van der Waals surface area contributed by atoms with Gasteiger partial charge in [-0.3, -0.25) is 0 Å². The number of hydrogen-bond donors (Lipinski definition) is 1. The molecule has 0 aliphatic rings. The predicted octanol–water partition coefficient (Wildman–Crippen LogP) is 3.35. The smallest absolute Gasteiger partial charge is 0.180 e. The molecule has 0 aliphatic carbocycles. The maximum absolute atomic E-state index is 13.4. The number of anilines is 1. The van der Waals surface area contributed by atoms with Crippen molar-refractivity contribution in [3.63, 3.8) is 0 Å². The summed E-state index contributed by atoms with van der Waals surface area (Å²) < 4.78 is 31.7. The van der Waals surface area contributed by atoms with E-state index < -0.39 is 11.6 Å². The molecule has 0 atom stereocenters. The highest BCUT2D eigenvalue weighted by molar-refractivity contribution is 9.10. The number of rotatable bonds is 3. The topological polar surface area (TPSA) is 48.1 Å². The molecule has 17 heavy (non-hydrogen) atoms. The third-order valence-corrected chi connectivity index (χ3v) is 3.28. The minimum absolute atomic E-state index is 0.0293. The van der Waals surface area contributed by atoms with Gasteiger partial charge in [0.15, 0.2) is 16.7 Å². The monoisotopic (exact) mass is 320 g/mol. The van der Waals surface area contributed by atoms with Crippen LogP contribution in [0.3, 0.4) is 0 Å². The molecule has 0 aliphatic heterocycles. The Balaban J connectivity index is 2.14. The second kappa shape index (κ2) is 4.97. The first-order valence-corrected chi connectivity index (χ1v) is 6.14. The normalized spacial score (nSPS) is 10.5. The first kappa shape index (κ1) is 12.3. The van der Waals surface area contributed by atoms with Gasteiger partial charge in [0.2, 0.25) is 0 Å². The highest BCUT2D eigenvalue weighted by Crippen LogP contribution is 2.30. The van der Waals surface area contributed by atoms with E-state index in [1.165, 1.54) is 11.3 Å². The Kier molecular flexibility index (Phi) is 3.58. The molecule has 90 valence electrons. The average molecular weight is 321 g/mol. The van der Waals surface area contributed by atoms with Crippen molar-refractivity contribution in [2.75, 3.05) is 5.73 Å². The van der Waals surface area contributed by atoms with Gasteiger partial charge in [0.1, 0.15) is 12.4 Å². The van der Waals surface area contributed by atoms with Crippen molar-refractivity contribution in [1.82, 2.24) is 4.98 Å². The molecule has 0 fully saturated rings. The fraction of sp³-hybridized carbons (Fsp3) is 0.100. The summed E-state index contributed by atoms with van der Waals surface area (Å²) in [5.41, 5.74) is 5.45. The van der Waals surface area contributed by atoms with E-state index in [-0.39, 0.29) is 16.8 Å². The molecule has 0 amide bonds. The molecule has 0 spiro atoms. The maximum atomic E-state index is 13.4. The lowest BCUT2D eigenvalue weighted by molar-refractivity contribution is 0.290. The quantitative estimate of drug-likeness (QED) is 0.943. The molecule has 2 aromatic rings. The number of ether oxygens (including phenoxy) is 1. The number of aromatic nitrogens is 1. The third kappa shape index (κ3) is 2.92. The van der Waals surface area contributed by atoms with E-state index in [1.807, 2.05) is 0 Å². The van der Waals surface area contributed by atoms with Crippen LogP contribution in [0.4, 0.5) is 13.9 Å². The number of halogens is 3. The molecule has 2 rings (SSSR count). The van der Waals surface area contributed by atoms with E-state index in [9.17, 15) is 8.78 Å². The molecule has 2 N–H and O–H groups in total. The van der Waals surface area contributed by atoms with Crippen molar-refractivity contribution in [3.8, 4) is 5.75 Å². The molecular weight excluding hydrogens is 314 g/mol. The molecule has 7 heteroatoms. The van der Waals surface area contributed by atoms with Crippen molar-refractivity contribution in [2.24, 2.45) is 0 Å². The highest BCUT2D eigenvalue weighted by atomic mass is 79.9. The third-order valence-electron chi connectivity index (χ3n) is 1.89. The highest BCUT2D eigenvalue weighted by Gasteiger charge is 2.11. The summed E-state index contributed by atoms with van der Waals surface area (Å²) in [6, 6.07) is 1.90. The second-order valence-corrected chi connectivity index (χ2v) is 5.15. The van der Waals surface area contributed by atoms with E-state index >= 15 is 0 Å². The van der Waals surface area contributed by atoms with Crippen LogP contribution in [0.2, 0.25) is 0 Å². The fourth-order valence-corrected chi connectivity index (χ4v) is 2.32. The molecule has 0 bridgehead atoms. The summed E-state index contributed by atoms with van der Waals surface area (Å²) in [4.78, 5) is 4.60. The Labute approximate surface area is 108 Å². The lowest BCUT2D eigenvalue weighted by atomic mass is 10.3. The summed E-state index contributed by atoms with van der Waals surface area (Å²) in [5.74, 6) is -1.45. The molecule has 1 heterocycles. The molecule has 0 radical (unpaired) electrons. The molecule has 1 aromatic carbocycles. The Bertz CT molecular complexity index is 524. The van der Waals surface area contributed by atoms with Crippen LogP contribution in [-0.4, -0.2) is 4.98 Å². The minimum Gasteiger partial charge on any atom is -0.484 e. The molecule has 0 saturated carbocycles. The van der Waals surface area contributed by atoms with Crippen LogP contribution in [0.25, 0.3) is 0 Å². The van der Waals surface area contributed by atoms with Gasteiger partial charge in [-0.15, -0.1) is 0 Å². The summed E-state index contributed by atoms with van der Waals surface area (Å²) in [6.07, 6.45) is 1.55. The van der Waals surface area contributed by atoms with Gasteiger partial charge in [-0.2, -0.15) is 0 Å². The Morgan fingerprint density at radius 2 is 2.18 bits per heavy atom. The van der Waals surface area contributed by atoms with Crippen LogP contribution >= 0.6 is 27.3 Å². The first-order chi connectivity index (χ1) is 8.06. The average Bonchev–Trinajstić information content (AvgIpc) is 2.62. The van der Waals surface area contributed by atoms with Gasteiger partial charge >= 0.3 is 0 Å². The predicted molar refractivity (Wildman–Crippen MR) is 64.9 cm³/mol. The van der Waals surface area contributed by atoms with Gasteiger partial charge < -0.3 is 10.5 Å². The van der Waals surface area contributed by atoms with Gasteiger partial charge in [-0.25, -0.2) is 13.8 Å². The summed E-state index contributed by atoms with van der Waals surface area (Å²) in [6.45, 7) is 0.135. The van der Waals surface area contributed by atoms with Gasteiger partial charge in [0.05, 0.1) is 9.35 Å². The molecule has 0 unspecified atom stereocenters. The molecule has 3 nitrogen and oxygen atoms in total. The second-order valence-electron chi connectivity index (χ2n) is 3.15. The van der Waals surface area contributed by atoms with Crippen molar-refractivity contribution in [2.45, 2.75) is 6.61 Å². The van der Waals surface area contributed by atoms with E-state index in [0.29, 0.717) is 5.13 Å². The van der Waals surface area contributed by atoms with Gasteiger partial charge in [-0.1, -0.05) is 11.3 Å². The van der Waals surface area contributed by atoms with Crippen LogP contribution < -0.4 is 10.5 Å². The van der Waals surface area contributed by atoms with Crippen LogP contribution in [0.1, 0.15) is 4.88 Å². The zero-order valence-electron chi connectivity index (χ0n) is 8.41. The fourth-order valence-electron chi connectivity index (χ4n) is 1.20. The van der Waals surface area contributed by atoms with Crippen LogP contribution in [0.15, 0.2) is 22.8 Å². The van der Waals surface area contributed by atoms with E-state index in [1.54, 1.807) is 6.20 Å². The largest absolute Gasteiger partial charge is 0.484 e. The molecule has 1 aromatic heterocycles. The number of hydrogen-bond acceptors (Lipinski definition) is 4. The standard InChI is InChI=1S/C10H7BrF2N2OS/c11-7-1-5(12)2-8(13)9(7)16-4-6-3-15-10(14)17-6/h1-3H,4H2,(H2,14,15). The van der Waals surface area contributed by atoms with Gasteiger partial charge in [0, 0.05) is 12.3 Å². The zero-order chi connectivity index (χ0) is 12.4. The lowest BCUT2D eigenvalue weighted by Crippen LogP contribution is -1.97. The van der Waals surface area contributed by atoms with Gasteiger partial charge in [-0.05, 0) is 22.0 Å². The van der Waals surface area contributed by atoms with Crippen LogP contribution in [-0.2, 0) is 6.61 Å². The maximum Gasteiger partial charge on any atom is 0.180 e. The first-order valence-electron chi connectivity index (χ1n) is 4.54. The summed E-state index contributed by atoms with van der Waals surface area (Å²) in [7, 11) is 0. The van der Waals surface area contributed by atoms with E-state index in [4.69, 9.17) is 10.5 Å². The Morgan fingerprint density at radius 3 is 2.76 bits per heavy atom. The Morgan fingerprint density at radius 1 is 1.41 bits per heavy atom. The van der Waals surface area contributed by atoms with Crippen molar-refractivity contribution < 1.29 is 13.5 Å². The molecule has 0 saturated heterocycles. The number of benzene rings is 1. The van der Waals surface area contributed by atoms with Crippen molar-refractivity contribution >= 4 is 32.4 Å². The summed E-state index contributed by atoms with van der Waals surface area (Å²) >= 11 is 4.29. The van der Waals surface area contributed by atoms with Crippen molar-refractivity contribution in [3.05, 3.63) is 39.3 Å². The van der Waals surface area contributed by atoms with Crippen LogP contribution in [0.5, 0.6) is 5.75 Å². The van der Waals surface area contributed by atoms with Crippen LogP contribution in [0, 0.1) is 11.6 Å². The zero-order valence-corrected chi connectivity index (χ0v) is 10.8. The van der Waals surface area contributed by atoms with Crippen molar-refractivity contribution in [1.29, 1.82) is 0 Å². The SMILES string of the molecule is Nc1ncc(COc2c(F)cc(F)cc2Br)s1. The number of nitrogen functional groups attached to an aromatic ring is 1. The number of nitrogens with two attached hydrogens (primary N) is 1. The minimum atomic E-state index is -0.755. The van der Waals surface area contributed by atoms with E-state index in [2.05, 4.69) is 20.9 Å². The number of nitrogens with zero attached hydrogens (tertiary/aromatic N) is 1. The summed E-state index contributed by atoms with van der Waals surface area (Å²) in [5, 5.41) is 0.419.